The Morgan fingerprint density at radius 1 is 1.47 bits per heavy atom. The number of hydrogen-bond donors (Lipinski definition) is 1. The maximum atomic E-state index is 11.5. The van der Waals surface area contributed by atoms with Crippen molar-refractivity contribution in [3.63, 3.8) is 0 Å². The molecule has 0 bridgehead atoms. The van der Waals surface area contributed by atoms with Crippen LogP contribution in [0, 0.1) is 12.3 Å². The Kier molecular flexibility index (Phi) is 4.64. The van der Waals surface area contributed by atoms with E-state index in [9.17, 15) is 4.79 Å². The minimum atomic E-state index is -0.169. The lowest BCUT2D eigenvalue weighted by molar-refractivity contribution is -0.128. The number of terminal acetylenes is 1. The highest BCUT2D eigenvalue weighted by Gasteiger charge is 2.26. The summed E-state index contributed by atoms with van der Waals surface area (Å²) in [5, 5.41) is 0. The van der Waals surface area contributed by atoms with Crippen LogP contribution in [0.4, 0.5) is 0 Å². The zero-order chi connectivity index (χ0) is 11.3. The predicted octanol–water partition coefficient (Wildman–Crippen LogP) is 1.13. The first kappa shape index (κ1) is 12.1. The summed E-state index contributed by atoms with van der Waals surface area (Å²) in [5.74, 6) is 2.04. The SMILES string of the molecule is C#CC(=O)N(CCC)C1CCC(N)CC1. The highest BCUT2D eigenvalue weighted by atomic mass is 16.2. The van der Waals surface area contributed by atoms with Gasteiger partial charge in [0.25, 0.3) is 5.91 Å². The Morgan fingerprint density at radius 2 is 2.07 bits per heavy atom. The Hall–Kier alpha value is -1.01. The molecule has 1 amide bonds. The Labute approximate surface area is 92.0 Å². The van der Waals surface area contributed by atoms with Gasteiger partial charge in [-0.15, -0.1) is 6.42 Å². The molecule has 0 aromatic carbocycles. The Balaban J connectivity index is 2.56. The summed E-state index contributed by atoms with van der Waals surface area (Å²) < 4.78 is 0. The number of rotatable bonds is 3. The number of nitrogens with two attached hydrogens (primary N) is 1. The van der Waals surface area contributed by atoms with E-state index in [0.717, 1.165) is 38.6 Å². The van der Waals surface area contributed by atoms with Crippen LogP contribution in [0.3, 0.4) is 0 Å². The number of hydrogen-bond acceptors (Lipinski definition) is 2. The summed E-state index contributed by atoms with van der Waals surface area (Å²) in [6.45, 7) is 2.83. The van der Waals surface area contributed by atoms with E-state index in [1.54, 1.807) is 0 Å². The van der Waals surface area contributed by atoms with E-state index >= 15 is 0 Å². The minimum Gasteiger partial charge on any atom is -0.329 e. The van der Waals surface area contributed by atoms with Crippen LogP contribution in [0.15, 0.2) is 0 Å². The molecule has 1 rings (SSSR count). The van der Waals surface area contributed by atoms with E-state index in [1.807, 2.05) is 4.90 Å². The van der Waals surface area contributed by atoms with Gasteiger partial charge >= 0.3 is 0 Å². The van der Waals surface area contributed by atoms with Gasteiger partial charge in [0.1, 0.15) is 0 Å². The number of carbonyl (C=O) groups excluding carboxylic acids is 1. The lowest BCUT2D eigenvalue weighted by Gasteiger charge is -2.34. The quantitative estimate of drug-likeness (QED) is 0.707. The van der Waals surface area contributed by atoms with Crippen molar-refractivity contribution in [2.45, 2.75) is 51.1 Å². The number of carbonyl (C=O) groups is 1. The standard InChI is InChI=1S/C12H20N2O/c1-3-9-14(12(15)4-2)11-7-5-10(13)6-8-11/h2,10-11H,3,5-9,13H2,1H3. The molecule has 1 aliphatic carbocycles. The second-order valence-corrected chi connectivity index (χ2v) is 4.21. The summed E-state index contributed by atoms with van der Waals surface area (Å²) >= 11 is 0. The zero-order valence-corrected chi connectivity index (χ0v) is 9.41. The topological polar surface area (TPSA) is 46.3 Å². The van der Waals surface area contributed by atoms with Crippen molar-refractivity contribution < 1.29 is 4.79 Å². The second kappa shape index (κ2) is 5.77. The third kappa shape index (κ3) is 3.24. The van der Waals surface area contributed by atoms with Gasteiger partial charge < -0.3 is 10.6 Å². The van der Waals surface area contributed by atoms with Crippen molar-refractivity contribution in [3.8, 4) is 12.3 Å². The maximum Gasteiger partial charge on any atom is 0.298 e. The van der Waals surface area contributed by atoms with Gasteiger partial charge in [0, 0.05) is 18.6 Å². The summed E-state index contributed by atoms with van der Waals surface area (Å²) in [4.78, 5) is 13.4. The van der Waals surface area contributed by atoms with Gasteiger partial charge in [0.15, 0.2) is 0 Å². The molecule has 0 atom stereocenters. The van der Waals surface area contributed by atoms with Crippen molar-refractivity contribution in [2.75, 3.05) is 6.54 Å². The summed E-state index contributed by atoms with van der Waals surface area (Å²) in [7, 11) is 0. The van der Waals surface area contributed by atoms with Gasteiger partial charge in [-0.3, -0.25) is 4.79 Å². The molecule has 0 aromatic heterocycles. The molecule has 0 radical (unpaired) electrons. The average molecular weight is 208 g/mol. The first-order valence-corrected chi connectivity index (χ1v) is 5.71. The van der Waals surface area contributed by atoms with Crippen molar-refractivity contribution in [2.24, 2.45) is 5.73 Å². The molecule has 0 aliphatic heterocycles. The molecule has 84 valence electrons. The number of amides is 1. The molecular formula is C12H20N2O. The molecule has 15 heavy (non-hydrogen) atoms. The van der Waals surface area contributed by atoms with E-state index in [0.29, 0.717) is 12.1 Å². The molecule has 2 N–H and O–H groups in total. The molecule has 3 heteroatoms. The van der Waals surface area contributed by atoms with Crippen LogP contribution >= 0.6 is 0 Å². The third-order valence-corrected chi connectivity index (χ3v) is 3.03. The van der Waals surface area contributed by atoms with Gasteiger partial charge in [-0.2, -0.15) is 0 Å². The first-order valence-electron chi connectivity index (χ1n) is 5.71. The van der Waals surface area contributed by atoms with Crippen LogP contribution < -0.4 is 5.73 Å². The smallest absolute Gasteiger partial charge is 0.298 e. The van der Waals surface area contributed by atoms with E-state index in [-0.39, 0.29) is 5.91 Å². The van der Waals surface area contributed by atoms with E-state index < -0.39 is 0 Å². The van der Waals surface area contributed by atoms with E-state index in [2.05, 4.69) is 12.8 Å². The summed E-state index contributed by atoms with van der Waals surface area (Å²) in [6, 6.07) is 0.624. The van der Waals surface area contributed by atoms with Crippen molar-refractivity contribution in [3.05, 3.63) is 0 Å². The number of nitrogens with zero attached hydrogens (tertiary/aromatic N) is 1. The maximum absolute atomic E-state index is 11.5. The lowest BCUT2D eigenvalue weighted by atomic mass is 9.90. The van der Waals surface area contributed by atoms with Gasteiger partial charge in [-0.25, -0.2) is 0 Å². The molecule has 0 spiro atoms. The normalized spacial score (nSPS) is 25.7. The van der Waals surface area contributed by atoms with Gasteiger partial charge in [-0.1, -0.05) is 6.92 Å². The van der Waals surface area contributed by atoms with Crippen LogP contribution in [-0.4, -0.2) is 29.4 Å². The fourth-order valence-electron chi connectivity index (χ4n) is 2.19. The second-order valence-electron chi connectivity index (χ2n) is 4.21. The highest BCUT2D eigenvalue weighted by Crippen LogP contribution is 2.22. The first-order chi connectivity index (χ1) is 7.19. The lowest BCUT2D eigenvalue weighted by Crippen LogP contribution is -2.44. The molecule has 0 saturated heterocycles. The van der Waals surface area contributed by atoms with Crippen LogP contribution in [0.1, 0.15) is 39.0 Å². The van der Waals surface area contributed by atoms with Crippen LogP contribution in [0.2, 0.25) is 0 Å². The Bertz CT molecular complexity index is 249. The third-order valence-electron chi connectivity index (χ3n) is 3.03. The fraction of sp³-hybridized carbons (Fsp3) is 0.750. The largest absolute Gasteiger partial charge is 0.329 e. The van der Waals surface area contributed by atoms with Gasteiger partial charge in [-0.05, 0) is 38.0 Å². The van der Waals surface area contributed by atoms with Crippen molar-refractivity contribution in [1.29, 1.82) is 0 Å². The van der Waals surface area contributed by atoms with Crippen LogP contribution in [0.5, 0.6) is 0 Å². The molecule has 0 heterocycles. The van der Waals surface area contributed by atoms with Gasteiger partial charge in [0.05, 0.1) is 0 Å². The molecule has 1 saturated carbocycles. The minimum absolute atomic E-state index is 0.169. The van der Waals surface area contributed by atoms with Crippen molar-refractivity contribution in [1.82, 2.24) is 4.90 Å². The van der Waals surface area contributed by atoms with Crippen LogP contribution in [-0.2, 0) is 4.79 Å². The van der Waals surface area contributed by atoms with Crippen LogP contribution in [0.25, 0.3) is 0 Å². The molecule has 1 aliphatic rings. The Morgan fingerprint density at radius 3 is 2.53 bits per heavy atom. The average Bonchev–Trinajstić information content (AvgIpc) is 2.26. The molecular weight excluding hydrogens is 188 g/mol. The van der Waals surface area contributed by atoms with E-state index in [4.69, 9.17) is 12.2 Å². The molecule has 3 nitrogen and oxygen atoms in total. The fourth-order valence-corrected chi connectivity index (χ4v) is 2.19. The zero-order valence-electron chi connectivity index (χ0n) is 9.41. The summed E-state index contributed by atoms with van der Waals surface area (Å²) in [6.07, 6.45) is 10.1. The molecule has 0 aromatic rings. The molecule has 1 fully saturated rings. The van der Waals surface area contributed by atoms with Crippen molar-refractivity contribution >= 4 is 5.91 Å². The monoisotopic (exact) mass is 208 g/mol. The van der Waals surface area contributed by atoms with Gasteiger partial charge in [0.2, 0.25) is 0 Å². The highest BCUT2D eigenvalue weighted by molar-refractivity contribution is 5.93. The summed E-state index contributed by atoms with van der Waals surface area (Å²) in [5.41, 5.74) is 5.84. The van der Waals surface area contributed by atoms with E-state index in [1.165, 1.54) is 0 Å². The molecule has 0 unspecified atom stereocenters. The predicted molar refractivity (Wildman–Crippen MR) is 61.1 cm³/mol.